The lowest BCUT2D eigenvalue weighted by molar-refractivity contribution is -0.0145. The van der Waals surface area contributed by atoms with Gasteiger partial charge in [-0.25, -0.2) is 0 Å². The molecule has 0 N–H and O–H groups in total. The predicted octanol–water partition coefficient (Wildman–Crippen LogP) is 4.22. The molecule has 0 aromatic carbocycles. The molecule has 0 amide bonds. The number of nitrogens with zero attached hydrogens (tertiary/aromatic N) is 1. The molecule has 13 heteroatoms. The normalized spacial score (nSPS) is 15.8. The topological polar surface area (TPSA) is 86.3 Å². The van der Waals surface area contributed by atoms with Crippen molar-refractivity contribution in [3.63, 3.8) is 0 Å². The van der Waals surface area contributed by atoms with Gasteiger partial charge in [-0.1, -0.05) is 0 Å². The zero-order valence-corrected chi connectivity index (χ0v) is 28.7. The van der Waals surface area contributed by atoms with Gasteiger partial charge >= 0.3 is 26.4 Å². The van der Waals surface area contributed by atoms with Gasteiger partial charge in [0.1, 0.15) is 0 Å². The van der Waals surface area contributed by atoms with E-state index >= 15 is 0 Å². The zero-order valence-electron chi connectivity index (χ0n) is 25.7. The van der Waals surface area contributed by atoms with E-state index in [1.54, 1.807) is 0 Å². The molecular formula is C24H57NO9Si3. The van der Waals surface area contributed by atoms with Gasteiger partial charge in [-0.15, -0.1) is 0 Å². The second-order valence-electron chi connectivity index (χ2n) is 8.18. The van der Waals surface area contributed by atoms with Crippen LogP contribution in [-0.4, -0.2) is 108 Å². The fraction of sp³-hybridized carbons (Fsp3) is 1.00. The van der Waals surface area contributed by atoms with Crippen LogP contribution >= 0.6 is 0 Å². The molecule has 3 atom stereocenters. The minimum Gasteiger partial charge on any atom is -0.373 e. The molecule has 10 nitrogen and oxygen atoms in total. The number of hydrogen-bond donors (Lipinski definition) is 0. The second kappa shape index (κ2) is 19.3. The molecule has 0 fully saturated rings. The highest BCUT2D eigenvalue weighted by atomic mass is 28.4. The first-order valence-electron chi connectivity index (χ1n) is 14.2. The fourth-order valence-corrected chi connectivity index (χ4v) is 14.3. The van der Waals surface area contributed by atoms with Crippen LogP contribution in [0.4, 0.5) is 0 Å². The largest absolute Gasteiger partial charge is 0.518 e. The smallest absolute Gasteiger partial charge is 0.373 e. The maximum absolute atomic E-state index is 6.38. The van der Waals surface area contributed by atoms with E-state index in [2.05, 4.69) is 25.7 Å². The molecule has 0 aliphatic carbocycles. The van der Waals surface area contributed by atoms with Crippen LogP contribution in [0.3, 0.4) is 0 Å². The van der Waals surface area contributed by atoms with Crippen LogP contribution in [0, 0.1) is 0 Å². The summed E-state index contributed by atoms with van der Waals surface area (Å²) in [4.78, 5) is 2.27. The van der Waals surface area contributed by atoms with E-state index in [0.29, 0.717) is 59.5 Å². The van der Waals surface area contributed by atoms with Gasteiger partial charge in [0.05, 0.1) is 17.0 Å². The first-order valence-corrected chi connectivity index (χ1v) is 19.6. The van der Waals surface area contributed by atoms with Crippen LogP contribution in [0.2, 0.25) is 0 Å². The quantitative estimate of drug-likeness (QED) is 0.153. The van der Waals surface area contributed by atoms with Crippen molar-refractivity contribution in [2.24, 2.45) is 0 Å². The summed E-state index contributed by atoms with van der Waals surface area (Å²) in [7, 11) is -9.74. The standard InChI is InChI=1S/C24H57NO9Si3/c1-13-26-35(27-14-2,28-15-3)22(10)25(23(11)36(29-16-4,30-17-5)31-18-6)24(12)37(32-19-7,33-20-8)34-21-9/h22-24H,13-21H2,1-12H3. The predicted molar refractivity (Wildman–Crippen MR) is 152 cm³/mol. The van der Waals surface area contributed by atoms with Gasteiger partial charge in [0, 0.05) is 59.5 Å². The Labute approximate surface area is 230 Å². The van der Waals surface area contributed by atoms with Gasteiger partial charge in [-0.3, -0.25) is 4.90 Å². The Bertz CT molecular complexity index is 452. The Kier molecular flexibility index (Phi) is 19.5. The maximum atomic E-state index is 6.38. The van der Waals surface area contributed by atoms with Gasteiger partial charge in [-0.2, -0.15) is 0 Å². The lowest BCUT2D eigenvalue weighted by Crippen LogP contribution is -2.75. The Morgan fingerprint density at radius 3 is 0.595 bits per heavy atom. The van der Waals surface area contributed by atoms with Gasteiger partial charge in [0.25, 0.3) is 0 Å². The van der Waals surface area contributed by atoms with Crippen LogP contribution in [0.5, 0.6) is 0 Å². The summed E-state index contributed by atoms with van der Waals surface area (Å²) in [6.07, 6.45) is 0. The SMILES string of the molecule is CCO[Si](OCC)(OCC)C(C)N(C(C)[Si](OCC)(OCC)OCC)C(C)[Si](OCC)(OCC)OCC. The molecule has 224 valence electrons. The molecule has 0 saturated heterocycles. The highest BCUT2D eigenvalue weighted by Crippen LogP contribution is 2.33. The van der Waals surface area contributed by atoms with Gasteiger partial charge in [0.15, 0.2) is 0 Å². The molecular weight excluding hydrogens is 531 g/mol. The van der Waals surface area contributed by atoms with E-state index in [1.165, 1.54) is 0 Å². The minimum absolute atomic E-state index is 0.307. The molecule has 0 rings (SSSR count). The van der Waals surface area contributed by atoms with Crippen LogP contribution in [0.15, 0.2) is 0 Å². The number of hydrogen-bond acceptors (Lipinski definition) is 10. The van der Waals surface area contributed by atoms with Crippen molar-refractivity contribution in [2.75, 3.05) is 59.5 Å². The lowest BCUT2D eigenvalue weighted by Gasteiger charge is -2.50. The molecule has 0 heterocycles. The summed E-state index contributed by atoms with van der Waals surface area (Å²) >= 11 is 0. The highest BCUT2D eigenvalue weighted by molar-refractivity contribution is 6.66. The molecule has 3 unspecified atom stereocenters. The van der Waals surface area contributed by atoms with E-state index in [9.17, 15) is 0 Å². The third kappa shape index (κ3) is 9.69. The van der Waals surface area contributed by atoms with Crippen LogP contribution in [-0.2, 0) is 39.8 Å². The molecule has 0 radical (unpaired) electrons. The highest BCUT2D eigenvalue weighted by Gasteiger charge is 2.62. The lowest BCUT2D eigenvalue weighted by atomic mass is 10.5. The van der Waals surface area contributed by atoms with Crippen molar-refractivity contribution < 1.29 is 39.8 Å². The van der Waals surface area contributed by atoms with E-state index in [1.807, 2.05) is 62.3 Å². The summed E-state index contributed by atoms with van der Waals surface area (Å²) in [5.41, 5.74) is -0.920. The van der Waals surface area contributed by atoms with Crippen molar-refractivity contribution in [2.45, 2.75) is 100 Å². The maximum Gasteiger partial charge on any atom is 0.518 e. The molecule has 0 aliphatic heterocycles. The summed E-state index contributed by atoms with van der Waals surface area (Å²) in [6, 6.07) is 0. The monoisotopic (exact) mass is 587 g/mol. The summed E-state index contributed by atoms with van der Waals surface area (Å²) in [5, 5.41) is 0. The first-order chi connectivity index (χ1) is 17.6. The van der Waals surface area contributed by atoms with E-state index in [4.69, 9.17) is 39.8 Å². The second-order valence-corrected chi connectivity index (χ2v) is 16.9. The van der Waals surface area contributed by atoms with Crippen LogP contribution < -0.4 is 0 Å². The summed E-state index contributed by atoms with van der Waals surface area (Å²) in [6.45, 7) is 28.1. The third-order valence-electron chi connectivity index (χ3n) is 5.99. The van der Waals surface area contributed by atoms with Crippen molar-refractivity contribution in [1.29, 1.82) is 0 Å². The van der Waals surface area contributed by atoms with Gasteiger partial charge in [0.2, 0.25) is 0 Å². The van der Waals surface area contributed by atoms with Crippen molar-refractivity contribution in [3.05, 3.63) is 0 Å². The Morgan fingerprint density at radius 2 is 0.486 bits per heavy atom. The van der Waals surface area contributed by atoms with E-state index < -0.39 is 26.4 Å². The molecule has 0 saturated carbocycles. The zero-order chi connectivity index (χ0) is 28.5. The molecule has 0 aromatic heterocycles. The molecule has 37 heavy (non-hydrogen) atoms. The third-order valence-corrected chi connectivity index (χ3v) is 16.2. The van der Waals surface area contributed by atoms with E-state index in [0.717, 1.165) is 0 Å². The van der Waals surface area contributed by atoms with Gasteiger partial charge in [-0.05, 0) is 83.1 Å². The molecule has 0 spiro atoms. The fourth-order valence-electron chi connectivity index (χ4n) is 4.83. The first kappa shape index (κ1) is 37.3. The molecule has 0 bridgehead atoms. The average Bonchev–Trinajstić information content (AvgIpc) is 2.85. The van der Waals surface area contributed by atoms with Gasteiger partial charge < -0.3 is 39.8 Å². The molecule has 0 aliphatic rings. The molecule has 0 aromatic rings. The Hall–Kier alpha value is 0.251. The van der Waals surface area contributed by atoms with Crippen molar-refractivity contribution in [3.8, 4) is 0 Å². The summed E-state index contributed by atoms with van der Waals surface area (Å²) < 4.78 is 57.4. The van der Waals surface area contributed by atoms with Crippen molar-refractivity contribution in [1.82, 2.24) is 4.90 Å². The summed E-state index contributed by atoms with van der Waals surface area (Å²) in [5.74, 6) is 0. The van der Waals surface area contributed by atoms with Crippen LogP contribution in [0.1, 0.15) is 83.1 Å². The average molecular weight is 588 g/mol. The van der Waals surface area contributed by atoms with E-state index in [-0.39, 0.29) is 17.0 Å². The van der Waals surface area contributed by atoms with Crippen LogP contribution in [0.25, 0.3) is 0 Å². The van der Waals surface area contributed by atoms with Crippen molar-refractivity contribution >= 4 is 26.4 Å². The Morgan fingerprint density at radius 1 is 0.351 bits per heavy atom. The number of rotatable bonds is 24. The minimum atomic E-state index is -3.25. The Balaban J connectivity index is 7.23.